The van der Waals surface area contributed by atoms with Gasteiger partial charge in [-0.2, -0.15) is 0 Å². The summed E-state index contributed by atoms with van der Waals surface area (Å²) in [6, 6.07) is 21.8. The van der Waals surface area contributed by atoms with Crippen molar-refractivity contribution in [3.63, 3.8) is 0 Å². The second-order valence-electron chi connectivity index (χ2n) is 29.5. The molecule has 2 amide bonds. The van der Waals surface area contributed by atoms with Crippen molar-refractivity contribution in [3.8, 4) is 34.0 Å². The first kappa shape index (κ1) is 71.2. The van der Waals surface area contributed by atoms with Crippen molar-refractivity contribution in [2.24, 2.45) is 0 Å². The lowest BCUT2D eigenvalue weighted by Crippen LogP contribution is -2.46. The van der Waals surface area contributed by atoms with Crippen molar-refractivity contribution in [1.82, 2.24) is 50.0 Å². The number of benzene rings is 4. The first-order chi connectivity index (χ1) is 45.5. The van der Waals surface area contributed by atoms with Gasteiger partial charge in [-0.15, -0.1) is 0 Å². The Hall–Kier alpha value is -7.61. The van der Waals surface area contributed by atoms with Gasteiger partial charge >= 0.3 is 24.4 Å². The summed E-state index contributed by atoms with van der Waals surface area (Å²) >= 11 is 0. The van der Waals surface area contributed by atoms with Gasteiger partial charge in [0.2, 0.25) is 0 Å². The van der Waals surface area contributed by atoms with E-state index in [-0.39, 0.29) is 58.4 Å². The van der Waals surface area contributed by atoms with Crippen molar-refractivity contribution in [3.05, 3.63) is 106 Å². The molecule has 6 aromatic rings. The van der Waals surface area contributed by atoms with Crippen molar-refractivity contribution >= 4 is 52.0 Å². The number of fused-ring (bicyclic) bond motifs is 4. The first-order valence-corrected chi connectivity index (χ1v) is 33.9. The summed E-state index contributed by atoms with van der Waals surface area (Å²) in [4.78, 5) is 80.8. The molecule has 0 saturated carbocycles. The van der Waals surface area contributed by atoms with Crippen molar-refractivity contribution in [1.29, 1.82) is 0 Å². The third-order valence-electron chi connectivity index (χ3n) is 17.2. The van der Waals surface area contributed by atoms with E-state index in [9.17, 15) is 29.4 Å². The van der Waals surface area contributed by atoms with Gasteiger partial charge in [-0.05, 0) is 179 Å². The molecule has 4 aliphatic heterocycles. The maximum Gasteiger partial charge on any atom is 0.419 e. The van der Waals surface area contributed by atoms with Gasteiger partial charge in [0.05, 0.1) is 60.9 Å². The van der Waals surface area contributed by atoms with Gasteiger partial charge in [0.1, 0.15) is 33.9 Å². The second-order valence-corrected chi connectivity index (χ2v) is 29.5. The zero-order chi connectivity index (χ0) is 68.9. The summed E-state index contributed by atoms with van der Waals surface area (Å²) in [5, 5.41) is 33.7. The maximum atomic E-state index is 16.5. The number of hydrogen-bond acceptors (Lipinski definition) is 19. The van der Waals surface area contributed by atoms with Crippen LogP contribution in [0, 0.1) is 0 Å². The number of aliphatic hydroxyl groups excluding tert-OH is 2. The SMILES string of the molecule is CC(C)(C)OC(=O)NCCCOc1ccc(-c2cc3cc(CN4CCN(CCO)CC4)ccc3n2C(=O)OC(C)(C)C)c2c1CNC2C(=O)C1NCc2c(OCCCNC(=O)OC(C)(C)C)ccc(-c3cc4cc(CN5CCN(CCO)CC5)ccc4n3C(=O)OC(C)(C)C)c21. The van der Waals surface area contributed by atoms with Crippen molar-refractivity contribution in [2.45, 2.75) is 157 Å². The highest BCUT2D eigenvalue weighted by molar-refractivity contribution is 6.02. The minimum atomic E-state index is -0.998. The lowest BCUT2D eigenvalue weighted by Gasteiger charge is -2.34. The number of β-amino-alcohol motifs (C(OH)–C–C–N with tert-alkyl or cyclic N) is 2. The number of amides is 2. The van der Waals surface area contributed by atoms with Crippen LogP contribution in [-0.2, 0) is 49.9 Å². The number of carbonyl (C=O) groups is 5. The number of nitrogens with zero attached hydrogens (tertiary/aromatic N) is 6. The molecule has 2 fully saturated rings. The van der Waals surface area contributed by atoms with Gasteiger partial charge in [0, 0.05) is 138 Å². The van der Waals surface area contributed by atoms with Crippen LogP contribution in [0.1, 0.15) is 141 Å². The van der Waals surface area contributed by atoms with Gasteiger partial charge in [-0.3, -0.25) is 35.0 Å². The van der Waals surface area contributed by atoms with Crippen LogP contribution in [0.4, 0.5) is 19.2 Å². The predicted octanol–water partition coefficient (Wildman–Crippen LogP) is 9.86. The molecule has 6 N–H and O–H groups in total. The molecular weight excluding hydrogens is 1220 g/mol. The van der Waals surface area contributed by atoms with Crippen LogP contribution in [0.25, 0.3) is 44.3 Å². The maximum absolute atomic E-state index is 16.5. The van der Waals surface area contributed by atoms with Crippen LogP contribution >= 0.6 is 0 Å². The molecule has 2 atom stereocenters. The van der Waals surface area contributed by atoms with Gasteiger partial charge in [-0.25, -0.2) is 28.3 Å². The van der Waals surface area contributed by atoms with Crippen molar-refractivity contribution in [2.75, 3.05) is 105 Å². The predicted molar refractivity (Wildman–Crippen MR) is 368 cm³/mol. The molecule has 23 heteroatoms. The average molecular weight is 1330 g/mol. The summed E-state index contributed by atoms with van der Waals surface area (Å²) in [5.41, 5.74) is 5.24. The van der Waals surface area contributed by atoms with E-state index in [2.05, 4.69) is 53.0 Å². The average Bonchev–Trinajstić information content (AvgIpc) is 1.57. The Morgan fingerprint density at radius 3 is 1.20 bits per heavy atom. The van der Waals surface area contributed by atoms with E-state index in [0.717, 1.165) is 85.4 Å². The standard InChI is InChI=1S/C73H100N10O13/c1-70(2,3)93-66(87)74-23-13-37-91-59-21-17-51(57-41-49-39-47(45-80-29-25-78(26-30-80)33-35-84)15-19-55(49)82(57)68(89)95-72(7,8)9)61-53(59)43-76-63(61)65(86)64-62-52(18-22-60(54(62)44-77-64)92-38-14-24-75-67(88)94-71(4,5)6)58-42-50-40-48(46-81-31-27-79(28-32-81)34-36-85)16-20-56(50)83(58)69(90)96-73(10,11)12/h15-22,39-42,63-64,76-77,84-85H,13-14,23-38,43-46H2,1-12H3,(H,74,87)(H,75,88). The Balaban J connectivity index is 1.07. The Morgan fingerprint density at radius 2 is 0.844 bits per heavy atom. The fourth-order valence-corrected chi connectivity index (χ4v) is 13.1. The summed E-state index contributed by atoms with van der Waals surface area (Å²) < 4.78 is 39.8. The van der Waals surface area contributed by atoms with Crippen molar-refractivity contribution < 1.29 is 62.6 Å². The number of Topliss-reactive ketones (excluding diaryl/α,β-unsaturated/α-hetero) is 1. The topological polar surface area (TPSA) is 252 Å². The quantitative estimate of drug-likeness (QED) is 0.0273. The van der Waals surface area contributed by atoms with E-state index >= 15 is 4.79 Å². The number of piperazine rings is 2. The Bertz CT molecular complexity index is 3540. The monoisotopic (exact) mass is 1320 g/mol. The lowest BCUT2D eigenvalue weighted by molar-refractivity contribution is -0.123. The van der Waals surface area contributed by atoms with E-state index < -0.39 is 58.9 Å². The van der Waals surface area contributed by atoms with Gasteiger partial charge in [0.25, 0.3) is 0 Å². The van der Waals surface area contributed by atoms with Crippen LogP contribution in [0.5, 0.6) is 11.5 Å². The summed E-state index contributed by atoms with van der Waals surface area (Å²) in [7, 11) is 0. The highest BCUT2D eigenvalue weighted by Crippen LogP contribution is 2.48. The molecule has 0 aliphatic carbocycles. The van der Waals surface area contributed by atoms with E-state index in [1.54, 1.807) is 50.7 Å². The fourth-order valence-electron chi connectivity index (χ4n) is 13.1. The minimum absolute atomic E-state index is 0.120. The number of aromatic nitrogens is 2. The van der Waals surface area contributed by atoms with Gasteiger partial charge < -0.3 is 49.3 Å². The summed E-state index contributed by atoms with van der Waals surface area (Å²) in [5.74, 6) is 0.810. The molecule has 2 unspecified atom stereocenters. The molecular formula is C73H100N10O13. The molecule has 2 saturated heterocycles. The summed E-state index contributed by atoms with van der Waals surface area (Å²) in [6.07, 6.45) is -1.35. The highest BCUT2D eigenvalue weighted by atomic mass is 16.6. The number of alkyl carbamates (subject to hydrolysis) is 2. The number of carbonyl (C=O) groups excluding carboxylic acids is 5. The smallest absolute Gasteiger partial charge is 0.419 e. The van der Waals surface area contributed by atoms with E-state index in [0.29, 0.717) is 95.2 Å². The van der Waals surface area contributed by atoms with Crippen LogP contribution < -0.4 is 30.7 Å². The molecule has 0 bridgehead atoms. The first-order valence-electron chi connectivity index (χ1n) is 33.9. The third-order valence-corrected chi connectivity index (χ3v) is 17.2. The second kappa shape index (κ2) is 30.0. The highest BCUT2D eigenvalue weighted by Gasteiger charge is 2.43. The van der Waals surface area contributed by atoms with Crippen LogP contribution in [0.2, 0.25) is 0 Å². The number of hydrogen-bond donors (Lipinski definition) is 6. The Labute approximate surface area is 564 Å². The largest absolute Gasteiger partial charge is 0.493 e. The van der Waals surface area contributed by atoms with E-state index in [4.69, 9.17) is 28.4 Å². The summed E-state index contributed by atoms with van der Waals surface area (Å²) in [6.45, 7) is 32.9. The van der Waals surface area contributed by atoms with Gasteiger partial charge in [0.15, 0.2) is 5.78 Å². The lowest BCUT2D eigenvalue weighted by atomic mass is 9.87. The number of aliphatic hydroxyl groups is 2. The number of nitrogens with one attached hydrogen (secondary N) is 4. The molecule has 0 spiro atoms. The van der Waals surface area contributed by atoms with Gasteiger partial charge in [-0.1, -0.05) is 12.1 Å². The third kappa shape index (κ3) is 17.7. The number of ketones is 1. The normalized spacial score (nSPS) is 17.5. The molecule has 10 rings (SSSR count). The van der Waals surface area contributed by atoms with E-state index in [1.165, 1.54) is 0 Å². The number of ether oxygens (including phenoxy) is 6. The molecule has 23 nitrogen and oxygen atoms in total. The fraction of sp³-hybridized carbons (Fsp3) is 0.548. The zero-order valence-corrected chi connectivity index (χ0v) is 58.2. The Morgan fingerprint density at radius 1 is 0.479 bits per heavy atom. The molecule has 4 aliphatic rings. The molecule has 520 valence electrons. The Kier molecular flexibility index (Phi) is 22.3. The molecule has 0 radical (unpaired) electrons. The van der Waals surface area contributed by atoms with Crippen LogP contribution in [0.3, 0.4) is 0 Å². The number of rotatable bonds is 22. The zero-order valence-electron chi connectivity index (χ0n) is 58.2. The molecule has 96 heavy (non-hydrogen) atoms. The van der Waals surface area contributed by atoms with E-state index in [1.807, 2.05) is 102 Å². The van der Waals surface area contributed by atoms with Crippen LogP contribution in [-0.4, -0.2) is 196 Å². The molecule has 6 heterocycles. The van der Waals surface area contributed by atoms with Crippen LogP contribution in [0.15, 0.2) is 72.8 Å². The molecule has 2 aromatic heterocycles. The molecule has 4 aromatic carbocycles. The minimum Gasteiger partial charge on any atom is -0.493 e.